The average Bonchev–Trinajstić information content (AvgIpc) is 2.51. The molecule has 0 atom stereocenters. The van der Waals surface area contributed by atoms with Crippen LogP contribution < -0.4 is 0 Å². The van der Waals surface area contributed by atoms with Crippen LogP contribution >= 0.6 is 7.92 Å². The minimum Gasteiger partial charge on any atom is -0.107 e. The number of hydrogen-bond donors (Lipinski definition) is 0. The Bertz CT molecular complexity index is 171. The lowest BCUT2D eigenvalue weighted by Gasteiger charge is -2.17. The summed E-state index contributed by atoms with van der Waals surface area (Å²) in [6.07, 6.45) is 25.2. The van der Waals surface area contributed by atoms with Gasteiger partial charge in [-0.15, -0.1) is 7.92 Å². The molecule has 0 unspecified atom stereocenters. The highest BCUT2D eigenvalue weighted by atomic mass is 31.1. The zero-order valence-electron chi connectivity index (χ0n) is 15.5. The molecule has 0 radical (unpaired) electrons. The maximum absolute atomic E-state index is 2.34. The van der Waals surface area contributed by atoms with Gasteiger partial charge in [-0.25, -0.2) is 0 Å². The Morgan fingerprint density at radius 1 is 0.381 bits per heavy atom. The quantitative estimate of drug-likeness (QED) is 0.188. The molecule has 0 nitrogen and oxygen atoms in total. The number of rotatable bonds is 17. The fraction of sp³-hybridized carbons (Fsp3) is 1.00. The first-order chi connectivity index (χ1) is 10.3. The lowest BCUT2D eigenvalue weighted by Crippen LogP contribution is -1.96. The standard InChI is InChI=1S/C20H43P/c1-4-7-10-11-12-13-14-15-16-17-20-21(18-8-5-2)19-9-6-3/h4-20H2,1-3H3. The SMILES string of the molecule is CCCCCCCCCCCCP(CCCC)CCCC. The van der Waals surface area contributed by atoms with E-state index in [0.29, 0.717) is 7.92 Å². The largest absolute Gasteiger partial charge is 0.107 e. The zero-order valence-corrected chi connectivity index (χ0v) is 16.4. The third-order valence-electron chi connectivity index (χ3n) is 4.48. The number of hydrogen-bond acceptors (Lipinski definition) is 0. The van der Waals surface area contributed by atoms with E-state index in [1.807, 2.05) is 0 Å². The molecule has 0 aliphatic rings. The van der Waals surface area contributed by atoms with Crippen LogP contribution in [0, 0.1) is 0 Å². The van der Waals surface area contributed by atoms with Crippen LogP contribution in [0.1, 0.15) is 111 Å². The van der Waals surface area contributed by atoms with Crippen LogP contribution in [0.25, 0.3) is 0 Å². The van der Waals surface area contributed by atoms with E-state index in [9.17, 15) is 0 Å². The molecular weight excluding hydrogens is 271 g/mol. The molecule has 128 valence electrons. The first-order valence-electron chi connectivity index (χ1n) is 10.1. The monoisotopic (exact) mass is 314 g/mol. The van der Waals surface area contributed by atoms with E-state index < -0.39 is 0 Å². The van der Waals surface area contributed by atoms with E-state index >= 15 is 0 Å². The molecule has 0 rings (SSSR count). The summed E-state index contributed by atoms with van der Waals surface area (Å²) in [6.45, 7) is 6.98. The van der Waals surface area contributed by atoms with Crippen molar-refractivity contribution in [3.05, 3.63) is 0 Å². The summed E-state index contributed by atoms with van der Waals surface area (Å²) in [6, 6.07) is 0. The first-order valence-corrected chi connectivity index (χ1v) is 12.0. The van der Waals surface area contributed by atoms with Crippen LogP contribution in [-0.4, -0.2) is 18.5 Å². The molecule has 0 spiro atoms. The highest BCUT2D eigenvalue weighted by Gasteiger charge is 2.06. The summed E-state index contributed by atoms with van der Waals surface area (Å²) < 4.78 is 0. The van der Waals surface area contributed by atoms with Crippen molar-refractivity contribution >= 4 is 7.92 Å². The third-order valence-corrected chi connectivity index (χ3v) is 7.33. The van der Waals surface area contributed by atoms with Crippen molar-refractivity contribution in [1.82, 2.24) is 0 Å². The van der Waals surface area contributed by atoms with Crippen molar-refractivity contribution in [1.29, 1.82) is 0 Å². The second-order valence-electron chi connectivity index (χ2n) is 6.73. The van der Waals surface area contributed by atoms with E-state index in [-0.39, 0.29) is 0 Å². The first kappa shape index (κ1) is 21.4. The molecule has 0 fully saturated rings. The second kappa shape index (κ2) is 18.5. The van der Waals surface area contributed by atoms with E-state index in [1.54, 1.807) is 18.5 Å². The van der Waals surface area contributed by atoms with Gasteiger partial charge in [0.2, 0.25) is 0 Å². The van der Waals surface area contributed by atoms with Crippen LogP contribution in [0.5, 0.6) is 0 Å². The summed E-state index contributed by atoms with van der Waals surface area (Å²) in [5.74, 6) is 0. The Labute approximate surface area is 137 Å². The van der Waals surface area contributed by atoms with Gasteiger partial charge < -0.3 is 0 Å². The summed E-state index contributed by atoms with van der Waals surface area (Å²) in [7, 11) is 0.393. The molecule has 21 heavy (non-hydrogen) atoms. The molecule has 0 aliphatic carbocycles. The van der Waals surface area contributed by atoms with E-state index in [0.717, 1.165) is 0 Å². The maximum Gasteiger partial charge on any atom is -0.0326 e. The van der Waals surface area contributed by atoms with Crippen molar-refractivity contribution in [2.45, 2.75) is 111 Å². The van der Waals surface area contributed by atoms with Gasteiger partial charge in [-0.1, -0.05) is 91.4 Å². The molecule has 0 aromatic carbocycles. The molecule has 0 N–H and O–H groups in total. The topological polar surface area (TPSA) is 0 Å². The van der Waals surface area contributed by atoms with Crippen molar-refractivity contribution in [3.8, 4) is 0 Å². The molecule has 0 amide bonds. The van der Waals surface area contributed by atoms with E-state index in [1.165, 1.54) is 89.9 Å². The van der Waals surface area contributed by atoms with Crippen molar-refractivity contribution in [2.75, 3.05) is 18.5 Å². The Hall–Kier alpha value is 0.430. The van der Waals surface area contributed by atoms with Crippen LogP contribution in [0.4, 0.5) is 0 Å². The molecule has 0 aromatic rings. The lowest BCUT2D eigenvalue weighted by molar-refractivity contribution is 0.562. The smallest absolute Gasteiger partial charge is 0.0326 e. The average molecular weight is 315 g/mol. The highest BCUT2D eigenvalue weighted by molar-refractivity contribution is 7.57. The Kier molecular flexibility index (Phi) is 18.9. The van der Waals surface area contributed by atoms with Crippen molar-refractivity contribution < 1.29 is 0 Å². The maximum atomic E-state index is 2.34. The van der Waals surface area contributed by atoms with E-state index in [2.05, 4.69) is 20.8 Å². The fourth-order valence-electron chi connectivity index (χ4n) is 2.92. The van der Waals surface area contributed by atoms with Gasteiger partial charge >= 0.3 is 0 Å². The normalized spacial score (nSPS) is 11.4. The van der Waals surface area contributed by atoms with Gasteiger partial charge in [0, 0.05) is 0 Å². The van der Waals surface area contributed by atoms with Crippen molar-refractivity contribution in [3.63, 3.8) is 0 Å². The minimum absolute atomic E-state index is 0.393. The summed E-state index contributed by atoms with van der Waals surface area (Å²) in [5.41, 5.74) is 0. The second-order valence-corrected chi connectivity index (χ2v) is 9.41. The molecule has 1 heteroatoms. The highest BCUT2D eigenvalue weighted by Crippen LogP contribution is 2.38. The molecule has 0 saturated heterocycles. The molecule has 0 heterocycles. The Morgan fingerprint density at radius 2 is 0.714 bits per heavy atom. The molecule has 0 aliphatic heterocycles. The summed E-state index contributed by atoms with van der Waals surface area (Å²) >= 11 is 0. The Balaban J connectivity index is 3.35. The van der Waals surface area contributed by atoms with Crippen LogP contribution in [0.3, 0.4) is 0 Å². The predicted molar refractivity (Wildman–Crippen MR) is 103 cm³/mol. The van der Waals surface area contributed by atoms with Gasteiger partial charge in [0.1, 0.15) is 0 Å². The van der Waals surface area contributed by atoms with Gasteiger partial charge in [0.05, 0.1) is 0 Å². The van der Waals surface area contributed by atoms with Crippen molar-refractivity contribution in [2.24, 2.45) is 0 Å². The third kappa shape index (κ3) is 16.6. The number of unbranched alkanes of at least 4 members (excludes halogenated alkanes) is 11. The fourth-order valence-corrected chi connectivity index (χ4v) is 5.79. The zero-order chi connectivity index (χ0) is 15.6. The molecule has 0 aromatic heterocycles. The summed E-state index contributed by atoms with van der Waals surface area (Å²) in [5, 5.41) is 0. The van der Waals surface area contributed by atoms with Gasteiger partial charge in [-0.2, -0.15) is 0 Å². The Morgan fingerprint density at radius 3 is 1.14 bits per heavy atom. The molecule has 0 bridgehead atoms. The van der Waals surface area contributed by atoms with Crippen LogP contribution in [0.15, 0.2) is 0 Å². The van der Waals surface area contributed by atoms with Crippen LogP contribution in [0.2, 0.25) is 0 Å². The lowest BCUT2D eigenvalue weighted by atomic mass is 10.1. The summed E-state index contributed by atoms with van der Waals surface area (Å²) in [4.78, 5) is 0. The van der Waals surface area contributed by atoms with Crippen LogP contribution in [-0.2, 0) is 0 Å². The van der Waals surface area contributed by atoms with Gasteiger partial charge in [0.15, 0.2) is 0 Å². The van der Waals surface area contributed by atoms with Gasteiger partial charge in [-0.05, 0) is 37.7 Å². The molecule has 0 saturated carbocycles. The minimum atomic E-state index is 0.393. The van der Waals surface area contributed by atoms with E-state index in [4.69, 9.17) is 0 Å². The van der Waals surface area contributed by atoms with Gasteiger partial charge in [-0.3, -0.25) is 0 Å². The predicted octanol–water partition coefficient (Wildman–Crippen LogP) is 7.99. The van der Waals surface area contributed by atoms with Gasteiger partial charge in [0.25, 0.3) is 0 Å². The molecular formula is C20H43P.